The van der Waals surface area contributed by atoms with Crippen LogP contribution in [0.3, 0.4) is 0 Å². The van der Waals surface area contributed by atoms with E-state index in [1.54, 1.807) is 19.2 Å². The highest BCUT2D eigenvalue weighted by molar-refractivity contribution is 7.09. The molecule has 0 amide bonds. The van der Waals surface area contributed by atoms with Crippen molar-refractivity contribution in [2.75, 3.05) is 26.7 Å². The fourth-order valence-corrected chi connectivity index (χ4v) is 4.12. The van der Waals surface area contributed by atoms with Gasteiger partial charge in [-0.25, -0.2) is 4.39 Å². The van der Waals surface area contributed by atoms with Gasteiger partial charge in [0.2, 0.25) is 0 Å². The van der Waals surface area contributed by atoms with E-state index < -0.39 is 0 Å². The van der Waals surface area contributed by atoms with Crippen LogP contribution in [-0.2, 0) is 13.1 Å². The first kappa shape index (κ1) is 18.9. The van der Waals surface area contributed by atoms with Crippen LogP contribution < -0.4 is 10.6 Å². The van der Waals surface area contributed by atoms with E-state index in [1.807, 2.05) is 17.4 Å². The lowest BCUT2D eigenvalue weighted by atomic mass is 9.98. The number of nitrogens with zero attached hydrogens (tertiary/aromatic N) is 2. The average Bonchev–Trinajstić information content (AvgIpc) is 3.15. The third kappa shape index (κ3) is 5.81. The number of likely N-dealkylation sites (tertiary alicyclic amines) is 1. The molecule has 3 rings (SSSR count). The van der Waals surface area contributed by atoms with E-state index in [4.69, 9.17) is 0 Å². The lowest BCUT2D eigenvalue weighted by molar-refractivity contribution is 0.169. The van der Waals surface area contributed by atoms with Gasteiger partial charge in [-0.1, -0.05) is 18.2 Å². The number of hydrogen-bond acceptors (Lipinski definition) is 3. The molecule has 2 aromatic rings. The molecule has 1 aliphatic heterocycles. The molecule has 0 spiro atoms. The van der Waals surface area contributed by atoms with Gasteiger partial charge in [0, 0.05) is 38.1 Å². The van der Waals surface area contributed by atoms with Crippen molar-refractivity contribution in [2.24, 2.45) is 10.9 Å². The van der Waals surface area contributed by atoms with Crippen molar-refractivity contribution in [3.63, 3.8) is 0 Å². The number of piperidine rings is 1. The number of benzene rings is 1. The van der Waals surface area contributed by atoms with Gasteiger partial charge in [-0.3, -0.25) is 9.89 Å². The summed E-state index contributed by atoms with van der Waals surface area (Å²) in [7, 11) is 1.77. The number of hydrogen-bond donors (Lipinski definition) is 2. The largest absolute Gasteiger partial charge is 0.356 e. The molecule has 0 aliphatic carbocycles. The number of rotatable bonds is 6. The monoisotopic (exact) mass is 374 g/mol. The molecule has 26 heavy (non-hydrogen) atoms. The third-order valence-electron chi connectivity index (χ3n) is 4.69. The van der Waals surface area contributed by atoms with Gasteiger partial charge in [-0.2, -0.15) is 0 Å². The molecule has 2 N–H and O–H groups in total. The van der Waals surface area contributed by atoms with Crippen molar-refractivity contribution in [1.82, 2.24) is 15.5 Å². The van der Waals surface area contributed by atoms with E-state index in [1.165, 1.54) is 30.3 Å². The predicted molar refractivity (Wildman–Crippen MR) is 107 cm³/mol. The summed E-state index contributed by atoms with van der Waals surface area (Å²) in [5.41, 5.74) is 0.910. The van der Waals surface area contributed by atoms with Crippen LogP contribution in [0.5, 0.6) is 0 Å². The standard InChI is InChI=1S/C20H27FN4S/c1-22-20(23-12-16-5-2-7-18(21)11-16)24-13-17-6-3-9-25(14-17)15-19-8-4-10-26-19/h2,4-5,7-8,10-11,17H,3,6,9,12-15H2,1H3,(H2,22,23,24). The van der Waals surface area contributed by atoms with Gasteiger partial charge < -0.3 is 10.6 Å². The Morgan fingerprint density at radius 2 is 2.23 bits per heavy atom. The lowest BCUT2D eigenvalue weighted by Gasteiger charge is -2.32. The summed E-state index contributed by atoms with van der Waals surface area (Å²) in [6, 6.07) is 11.0. The molecule has 0 bridgehead atoms. The molecule has 1 fully saturated rings. The second-order valence-corrected chi connectivity index (χ2v) is 7.79. The van der Waals surface area contributed by atoms with Crippen LogP contribution in [0.2, 0.25) is 0 Å². The quantitative estimate of drug-likeness (QED) is 0.601. The Morgan fingerprint density at radius 3 is 3.00 bits per heavy atom. The van der Waals surface area contributed by atoms with Crippen LogP contribution in [0, 0.1) is 11.7 Å². The maximum atomic E-state index is 13.3. The Bertz CT molecular complexity index is 702. The van der Waals surface area contributed by atoms with Crippen LogP contribution in [0.4, 0.5) is 4.39 Å². The number of halogens is 1. The molecule has 2 heterocycles. The van der Waals surface area contributed by atoms with E-state index in [2.05, 4.69) is 38.0 Å². The zero-order chi connectivity index (χ0) is 18.2. The molecule has 1 unspecified atom stereocenters. The normalized spacial score (nSPS) is 18.7. The minimum absolute atomic E-state index is 0.208. The SMILES string of the molecule is CN=C(NCc1cccc(F)c1)NCC1CCCN(Cc2cccs2)C1. The molecule has 1 aromatic heterocycles. The minimum atomic E-state index is -0.208. The van der Waals surface area contributed by atoms with Crippen molar-refractivity contribution in [1.29, 1.82) is 0 Å². The Morgan fingerprint density at radius 1 is 1.31 bits per heavy atom. The third-order valence-corrected chi connectivity index (χ3v) is 5.55. The summed E-state index contributed by atoms with van der Waals surface area (Å²) in [5, 5.41) is 8.83. The number of nitrogens with one attached hydrogen (secondary N) is 2. The fraction of sp³-hybridized carbons (Fsp3) is 0.450. The molecule has 1 atom stereocenters. The van der Waals surface area contributed by atoms with Crippen LogP contribution in [0.25, 0.3) is 0 Å². The highest BCUT2D eigenvalue weighted by Crippen LogP contribution is 2.19. The zero-order valence-electron chi connectivity index (χ0n) is 15.2. The molecule has 1 aliphatic rings. The second kappa shape index (κ2) is 9.69. The predicted octanol–water partition coefficient (Wildman–Crippen LogP) is 3.46. The molecule has 1 aromatic carbocycles. The summed E-state index contributed by atoms with van der Waals surface area (Å²) in [5.74, 6) is 1.18. The van der Waals surface area contributed by atoms with Gasteiger partial charge in [0.15, 0.2) is 5.96 Å². The Balaban J connectivity index is 1.42. The first-order chi connectivity index (χ1) is 12.7. The Labute approximate surface area is 159 Å². The highest BCUT2D eigenvalue weighted by atomic mass is 32.1. The van der Waals surface area contributed by atoms with Gasteiger partial charge >= 0.3 is 0 Å². The van der Waals surface area contributed by atoms with Crippen LogP contribution >= 0.6 is 11.3 Å². The molecule has 0 saturated carbocycles. The summed E-state index contributed by atoms with van der Waals surface area (Å²) < 4.78 is 13.3. The smallest absolute Gasteiger partial charge is 0.191 e. The van der Waals surface area contributed by atoms with Gasteiger partial charge in [0.1, 0.15) is 5.82 Å². The topological polar surface area (TPSA) is 39.7 Å². The first-order valence-corrected chi connectivity index (χ1v) is 10.0. The number of guanidine groups is 1. The first-order valence-electron chi connectivity index (χ1n) is 9.16. The van der Waals surface area contributed by atoms with Crippen molar-refractivity contribution in [3.05, 3.63) is 58.0 Å². The lowest BCUT2D eigenvalue weighted by Crippen LogP contribution is -2.44. The summed E-state index contributed by atoms with van der Waals surface area (Å²) >= 11 is 1.83. The molecule has 6 heteroatoms. The molecule has 140 valence electrons. The van der Waals surface area contributed by atoms with E-state index >= 15 is 0 Å². The van der Waals surface area contributed by atoms with Crippen LogP contribution in [0.15, 0.2) is 46.8 Å². The van der Waals surface area contributed by atoms with Crippen molar-refractivity contribution in [2.45, 2.75) is 25.9 Å². The zero-order valence-corrected chi connectivity index (χ0v) is 16.1. The number of thiophene rings is 1. The van der Waals surface area contributed by atoms with Gasteiger partial charge in [-0.15, -0.1) is 11.3 Å². The number of aliphatic imine (C=N–C) groups is 1. The van der Waals surface area contributed by atoms with Crippen molar-refractivity contribution < 1.29 is 4.39 Å². The van der Waals surface area contributed by atoms with Gasteiger partial charge in [0.05, 0.1) is 0 Å². The van der Waals surface area contributed by atoms with Gasteiger partial charge in [-0.05, 0) is 54.4 Å². The van der Waals surface area contributed by atoms with Crippen molar-refractivity contribution in [3.8, 4) is 0 Å². The van der Waals surface area contributed by atoms with Crippen LogP contribution in [-0.4, -0.2) is 37.5 Å². The summed E-state index contributed by atoms with van der Waals surface area (Å²) in [6.07, 6.45) is 2.49. The average molecular weight is 375 g/mol. The molecular weight excluding hydrogens is 347 g/mol. The van der Waals surface area contributed by atoms with E-state index in [9.17, 15) is 4.39 Å². The van der Waals surface area contributed by atoms with E-state index in [-0.39, 0.29) is 5.82 Å². The highest BCUT2D eigenvalue weighted by Gasteiger charge is 2.20. The summed E-state index contributed by atoms with van der Waals surface area (Å²) in [4.78, 5) is 8.26. The molecular formula is C20H27FN4S. The summed E-state index contributed by atoms with van der Waals surface area (Å²) in [6.45, 7) is 4.82. The maximum Gasteiger partial charge on any atom is 0.191 e. The molecule has 0 radical (unpaired) electrons. The minimum Gasteiger partial charge on any atom is -0.356 e. The van der Waals surface area contributed by atoms with Crippen LogP contribution in [0.1, 0.15) is 23.3 Å². The maximum absolute atomic E-state index is 13.3. The second-order valence-electron chi connectivity index (χ2n) is 6.76. The Hall–Kier alpha value is -1.92. The Kier molecular flexibility index (Phi) is 7.03. The fourth-order valence-electron chi connectivity index (χ4n) is 3.38. The van der Waals surface area contributed by atoms with Crippen molar-refractivity contribution >= 4 is 17.3 Å². The van der Waals surface area contributed by atoms with E-state index in [0.717, 1.165) is 31.2 Å². The van der Waals surface area contributed by atoms with E-state index in [0.29, 0.717) is 12.5 Å². The molecule has 1 saturated heterocycles. The molecule has 4 nitrogen and oxygen atoms in total. The van der Waals surface area contributed by atoms with Gasteiger partial charge in [0.25, 0.3) is 0 Å².